The van der Waals surface area contributed by atoms with Crippen molar-refractivity contribution < 1.29 is 0 Å². The summed E-state index contributed by atoms with van der Waals surface area (Å²) in [7, 11) is 0. The van der Waals surface area contributed by atoms with Crippen molar-refractivity contribution in [2.45, 2.75) is 33.2 Å². The Hall–Kier alpha value is -1.08. The molecule has 15 heavy (non-hydrogen) atoms. The van der Waals surface area contributed by atoms with Crippen LogP contribution in [0.5, 0.6) is 0 Å². The summed E-state index contributed by atoms with van der Waals surface area (Å²) in [6, 6.07) is 6.91. The summed E-state index contributed by atoms with van der Waals surface area (Å²) in [4.78, 5) is 0. The maximum absolute atomic E-state index is 3.82. The van der Waals surface area contributed by atoms with Gasteiger partial charge in [0.25, 0.3) is 0 Å². The van der Waals surface area contributed by atoms with Gasteiger partial charge in [0.2, 0.25) is 0 Å². The predicted molar refractivity (Wildman–Crippen MR) is 67.1 cm³/mol. The Kier molecular flexibility index (Phi) is 4.57. The Morgan fingerprint density at radius 3 is 2.73 bits per heavy atom. The third-order valence-electron chi connectivity index (χ3n) is 2.87. The van der Waals surface area contributed by atoms with E-state index in [4.69, 9.17) is 0 Å². The smallest absolute Gasteiger partial charge is 0.0357 e. The third-order valence-corrected chi connectivity index (χ3v) is 2.87. The van der Waals surface area contributed by atoms with Crippen molar-refractivity contribution in [3.8, 4) is 0 Å². The summed E-state index contributed by atoms with van der Waals surface area (Å²) in [6.45, 7) is 11.3. The molecule has 0 bridgehead atoms. The Bertz CT molecular complexity index is 328. The first-order valence-corrected chi connectivity index (χ1v) is 5.61. The van der Waals surface area contributed by atoms with Gasteiger partial charge in [-0.3, -0.25) is 0 Å². The zero-order valence-electron chi connectivity index (χ0n) is 10.0. The maximum atomic E-state index is 3.82. The van der Waals surface area contributed by atoms with Crippen molar-refractivity contribution in [2.24, 2.45) is 0 Å². The van der Waals surface area contributed by atoms with E-state index in [0.29, 0.717) is 6.04 Å². The molecule has 82 valence electrons. The minimum absolute atomic E-state index is 0.410. The monoisotopic (exact) mass is 203 g/mol. The van der Waals surface area contributed by atoms with E-state index < -0.39 is 0 Å². The van der Waals surface area contributed by atoms with Gasteiger partial charge in [0.1, 0.15) is 0 Å². The van der Waals surface area contributed by atoms with Gasteiger partial charge >= 0.3 is 0 Å². The summed E-state index contributed by atoms with van der Waals surface area (Å²) in [6.07, 6.45) is 2.97. The van der Waals surface area contributed by atoms with Crippen molar-refractivity contribution in [1.29, 1.82) is 0 Å². The van der Waals surface area contributed by atoms with Crippen LogP contribution < -0.4 is 5.32 Å². The fourth-order valence-corrected chi connectivity index (χ4v) is 1.88. The van der Waals surface area contributed by atoms with Crippen molar-refractivity contribution in [3.63, 3.8) is 0 Å². The Morgan fingerprint density at radius 1 is 1.40 bits per heavy atom. The highest BCUT2D eigenvalue weighted by molar-refractivity contribution is 5.35. The molecule has 0 saturated heterocycles. The quantitative estimate of drug-likeness (QED) is 0.722. The van der Waals surface area contributed by atoms with Gasteiger partial charge in [-0.15, -0.1) is 6.58 Å². The number of hydrogen-bond acceptors (Lipinski definition) is 1. The second kappa shape index (κ2) is 5.72. The number of nitrogens with one attached hydrogen (secondary N) is 1. The second-order valence-corrected chi connectivity index (χ2v) is 3.92. The Balaban J connectivity index is 2.99. The second-order valence-electron chi connectivity index (χ2n) is 3.92. The Morgan fingerprint density at radius 2 is 2.13 bits per heavy atom. The summed E-state index contributed by atoms with van der Waals surface area (Å²) in [5, 5.41) is 3.50. The molecule has 1 heteroatoms. The van der Waals surface area contributed by atoms with Gasteiger partial charge in [-0.2, -0.15) is 0 Å². The lowest BCUT2D eigenvalue weighted by Crippen LogP contribution is -2.21. The first kappa shape index (κ1) is 12.0. The van der Waals surface area contributed by atoms with E-state index in [1.807, 2.05) is 6.08 Å². The summed E-state index contributed by atoms with van der Waals surface area (Å²) >= 11 is 0. The molecular formula is C14H21N. The summed E-state index contributed by atoms with van der Waals surface area (Å²) in [5.74, 6) is 0. The fraction of sp³-hybridized carbons (Fsp3) is 0.429. The lowest BCUT2D eigenvalue weighted by Gasteiger charge is -2.19. The SMILES string of the molecule is C=CCC(NCC)c1cccc(C)c1C. The standard InChI is InChI=1S/C14H21N/c1-5-8-14(15-6-2)13-10-7-9-11(3)12(13)4/h5,7,9-10,14-15H,1,6,8H2,2-4H3. The van der Waals surface area contributed by atoms with Gasteiger partial charge in [-0.25, -0.2) is 0 Å². The normalized spacial score (nSPS) is 12.5. The predicted octanol–water partition coefficient (Wildman–Crippen LogP) is 3.53. The molecule has 1 rings (SSSR count). The molecule has 0 saturated carbocycles. The largest absolute Gasteiger partial charge is 0.310 e. The maximum Gasteiger partial charge on any atom is 0.0357 e. The molecule has 0 fully saturated rings. The van der Waals surface area contributed by atoms with E-state index in [9.17, 15) is 0 Å². The molecule has 0 aromatic heterocycles. The molecule has 1 N–H and O–H groups in total. The number of rotatable bonds is 5. The third kappa shape index (κ3) is 2.93. The van der Waals surface area contributed by atoms with Gasteiger partial charge in [0, 0.05) is 6.04 Å². The molecule has 0 heterocycles. The molecule has 0 spiro atoms. The van der Waals surface area contributed by atoms with Crippen molar-refractivity contribution in [3.05, 3.63) is 47.5 Å². The van der Waals surface area contributed by atoms with Crippen LogP contribution in [0.2, 0.25) is 0 Å². The van der Waals surface area contributed by atoms with E-state index >= 15 is 0 Å². The topological polar surface area (TPSA) is 12.0 Å². The van der Waals surface area contributed by atoms with Crippen molar-refractivity contribution >= 4 is 0 Å². The van der Waals surface area contributed by atoms with Gasteiger partial charge in [-0.05, 0) is 43.5 Å². The van der Waals surface area contributed by atoms with Crippen molar-refractivity contribution in [1.82, 2.24) is 5.32 Å². The molecule has 1 unspecified atom stereocenters. The summed E-state index contributed by atoms with van der Waals surface area (Å²) in [5.41, 5.74) is 4.15. The molecule has 0 amide bonds. The molecule has 1 nitrogen and oxygen atoms in total. The minimum atomic E-state index is 0.410. The van der Waals surface area contributed by atoms with Gasteiger partial charge in [0.15, 0.2) is 0 Å². The van der Waals surface area contributed by atoms with Crippen LogP contribution in [-0.2, 0) is 0 Å². The molecule has 1 aromatic carbocycles. The number of benzene rings is 1. The molecule has 1 atom stereocenters. The molecule has 0 aliphatic carbocycles. The van der Waals surface area contributed by atoms with E-state index in [0.717, 1.165) is 13.0 Å². The molecule has 0 aliphatic rings. The summed E-state index contributed by atoms with van der Waals surface area (Å²) < 4.78 is 0. The number of aryl methyl sites for hydroxylation is 1. The van der Waals surface area contributed by atoms with Crippen LogP contribution in [0.15, 0.2) is 30.9 Å². The van der Waals surface area contributed by atoms with Crippen LogP contribution in [0, 0.1) is 13.8 Å². The van der Waals surface area contributed by atoms with E-state index in [1.165, 1.54) is 16.7 Å². The highest BCUT2D eigenvalue weighted by Gasteiger charge is 2.11. The highest BCUT2D eigenvalue weighted by atomic mass is 14.9. The van der Waals surface area contributed by atoms with Crippen LogP contribution >= 0.6 is 0 Å². The average molecular weight is 203 g/mol. The van der Waals surface area contributed by atoms with E-state index in [1.54, 1.807) is 0 Å². The van der Waals surface area contributed by atoms with Gasteiger partial charge < -0.3 is 5.32 Å². The van der Waals surface area contributed by atoms with Crippen LogP contribution in [0.1, 0.15) is 36.1 Å². The van der Waals surface area contributed by atoms with Crippen LogP contribution in [0.4, 0.5) is 0 Å². The van der Waals surface area contributed by atoms with Crippen LogP contribution in [-0.4, -0.2) is 6.54 Å². The average Bonchev–Trinajstić information content (AvgIpc) is 2.22. The first-order valence-electron chi connectivity index (χ1n) is 5.61. The van der Waals surface area contributed by atoms with E-state index in [-0.39, 0.29) is 0 Å². The van der Waals surface area contributed by atoms with Crippen LogP contribution in [0.25, 0.3) is 0 Å². The van der Waals surface area contributed by atoms with Crippen molar-refractivity contribution in [2.75, 3.05) is 6.54 Å². The zero-order valence-corrected chi connectivity index (χ0v) is 10.0. The highest BCUT2D eigenvalue weighted by Crippen LogP contribution is 2.23. The van der Waals surface area contributed by atoms with Gasteiger partial charge in [-0.1, -0.05) is 31.2 Å². The molecule has 0 aliphatic heterocycles. The molecule has 0 radical (unpaired) electrons. The van der Waals surface area contributed by atoms with Crippen LogP contribution in [0.3, 0.4) is 0 Å². The van der Waals surface area contributed by atoms with E-state index in [2.05, 4.69) is 50.9 Å². The zero-order chi connectivity index (χ0) is 11.3. The molecular weight excluding hydrogens is 182 g/mol. The molecule has 1 aromatic rings. The lowest BCUT2D eigenvalue weighted by molar-refractivity contribution is 0.556. The lowest BCUT2D eigenvalue weighted by atomic mass is 9.95. The van der Waals surface area contributed by atoms with Gasteiger partial charge in [0.05, 0.1) is 0 Å². The fourth-order valence-electron chi connectivity index (χ4n) is 1.88. The minimum Gasteiger partial charge on any atom is -0.310 e. The number of hydrogen-bond donors (Lipinski definition) is 1. The first-order chi connectivity index (χ1) is 7.20. The Labute approximate surface area is 93.2 Å².